The summed E-state index contributed by atoms with van der Waals surface area (Å²) in [5.74, 6) is 1.16. The van der Waals surface area contributed by atoms with E-state index in [-0.39, 0.29) is 11.4 Å². The lowest BCUT2D eigenvalue weighted by atomic mass is 10.2. The number of aromatic nitrogens is 4. The molecule has 0 spiro atoms. The van der Waals surface area contributed by atoms with Crippen molar-refractivity contribution in [2.45, 2.75) is 17.9 Å². The van der Waals surface area contributed by atoms with Gasteiger partial charge in [0.2, 0.25) is 10.0 Å². The molecular formula is C18H15N5O3S2. The molecule has 0 bridgehead atoms. The van der Waals surface area contributed by atoms with Gasteiger partial charge in [-0.15, -0.1) is 21.5 Å². The molecule has 0 aliphatic carbocycles. The quantitative estimate of drug-likeness (QED) is 0.539. The van der Waals surface area contributed by atoms with E-state index < -0.39 is 10.0 Å². The van der Waals surface area contributed by atoms with Gasteiger partial charge < -0.3 is 4.74 Å². The van der Waals surface area contributed by atoms with Gasteiger partial charge in [0.1, 0.15) is 11.4 Å². The van der Waals surface area contributed by atoms with Crippen LogP contribution in [0.2, 0.25) is 0 Å². The van der Waals surface area contributed by atoms with Crippen molar-refractivity contribution in [2.75, 3.05) is 6.61 Å². The summed E-state index contributed by atoms with van der Waals surface area (Å²) in [6.07, 6.45) is 0.711. The zero-order valence-electron chi connectivity index (χ0n) is 14.6. The van der Waals surface area contributed by atoms with Crippen LogP contribution in [-0.4, -0.2) is 34.8 Å². The summed E-state index contributed by atoms with van der Waals surface area (Å²) < 4.78 is 35.0. The van der Waals surface area contributed by atoms with Crippen LogP contribution < -0.4 is 9.46 Å². The molecular weight excluding hydrogens is 398 g/mol. The fourth-order valence-electron chi connectivity index (χ4n) is 3.07. The lowest BCUT2D eigenvalue weighted by Crippen LogP contribution is -2.24. The minimum absolute atomic E-state index is 0.0159. The molecule has 1 N–H and O–H groups in total. The number of benzene rings is 1. The topological polar surface area (TPSA) is 98.5 Å². The van der Waals surface area contributed by atoms with E-state index in [9.17, 15) is 8.42 Å². The SMILES string of the molecule is O=S(=O)(NCc1nnc2ccc(-c3cccs3)nn12)c1ccc2c(c1)CCO2. The Morgan fingerprint density at radius 1 is 1.18 bits per heavy atom. The van der Waals surface area contributed by atoms with Crippen molar-refractivity contribution in [3.05, 3.63) is 59.2 Å². The number of nitrogens with zero attached hydrogens (tertiary/aromatic N) is 4. The van der Waals surface area contributed by atoms with Crippen molar-refractivity contribution < 1.29 is 13.2 Å². The van der Waals surface area contributed by atoms with Gasteiger partial charge >= 0.3 is 0 Å². The summed E-state index contributed by atoms with van der Waals surface area (Å²) in [6, 6.07) is 12.5. The first-order chi connectivity index (χ1) is 13.6. The first-order valence-corrected chi connectivity index (χ1v) is 11.0. The van der Waals surface area contributed by atoms with Crippen molar-refractivity contribution in [3.8, 4) is 16.3 Å². The largest absolute Gasteiger partial charge is 0.493 e. The second-order valence-corrected chi connectivity index (χ2v) is 8.99. The van der Waals surface area contributed by atoms with Crippen molar-refractivity contribution in [2.24, 2.45) is 0 Å². The van der Waals surface area contributed by atoms with Crippen LogP contribution in [0.4, 0.5) is 0 Å². The van der Waals surface area contributed by atoms with E-state index in [1.54, 1.807) is 34.1 Å². The molecule has 10 heteroatoms. The maximum Gasteiger partial charge on any atom is 0.240 e. The standard InChI is InChI=1S/C18H15N5O3S2/c24-28(25,13-3-5-15-12(10-13)7-8-26-15)19-11-18-21-20-17-6-4-14(22-23(17)18)16-2-1-9-27-16/h1-6,9-10,19H,7-8,11H2. The zero-order valence-corrected chi connectivity index (χ0v) is 16.2. The van der Waals surface area contributed by atoms with Gasteiger partial charge in [-0.25, -0.2) is 13.1 Å². The molecule has 142 valence electrons. The van der Waals surface area contributed by atoms with Crippen molar-refractivity contribution in [1.82, 2.24) is 24.5 Å². The maximum atomic E-state index is 12.7. The van der Waals surface area contributed by atoms with E-state index >= 15 is 0 Å². The van der Waals surface area contributed by atoms with E-state index in [4.69, 9.17) is 4.74 Å². The van der Waals surface area contributed by atoms with Gasteiger partial charge in [0.25, 0.3) is 0 Å². The summed E-state index contributed by atoms with van der Waals surface area (Å²) in [5.41, 5.74) is 2.24. The molecule has 0 amide bonds. The molecule has 1 aliphatic rings. The number of ether oxygens (including phenoxy) is 1. The molecule has 1 aromatic carbocycles. The third kappa shape index (κ3) is 3.05. The van der Waals surface area contributed by atoms with Crippen molar-refractivity contribution in [1.29, 1.82) is 0 Å². The summed E-state index contributed by atoms with van der Waals surface area (Å²) in [7, 11) is -3.69. The second-order valence-electron chi connectivity index (χ2n) is 6.27. The minimum Gasteiger partial charge on any atom is -0.493 e. The van der Waals surface area contributed by atoms with Gasteiger partial charge in [0, 0.05) is 6.42 Å². The lowest BCUT2D eigenvalue weighted by Gasteiger charge is -2.07. The van der Waals surface area contributed by atoms with Gasteiger partial charge in [-0.1, -0.05) is 6.07 Å². The fraction of sp³-hybridized carbons (Fsp3) is 0.167. The van der Waals surface area contributed by atoms with Crippen LogP contribution >= 0.6 is 11.3 Å². The normalized spacial score (nSPS) is 13.6. The molecule has 4 heterocycles. The van der Waals surface area contributed by atoms with Gasteiger partial charge in [-0.05, 0) is 47.3 Å². The molecule has 4 aromatic rings. The highest BCUT2D eigenvalue weighted by Gasteiger charge is 2.20. The smallest absolute Gasteiger partial charge is 0.240 e. The first kappa shape index (κ1) is 17.3. The Labute approximate surface area is 164 Å². The van der Waals surface area contributed by atoms with Crippen LogP contribution in [0.3, 0.4) is 0 Å². The van der Waals surface area contributed by atoms with Crippen molar-refractivity contribution in [3.63, 3.8) is 0 Å². The Hall–Kier alpha value is -2.82. The number of rotatable bonds is 5. The highest BCUT2D eigenvalue weighted by atomic mass is 32.2. The number of sulfonamides is 1. The van der Waals surface area contributed by atoms with Gasteiger partial charge in [0.15, 0.2) is 11.5 Å². The molecule has 0 atom stereocenters. The predicted molar refractivity (Wildman–Crippen MR) is 104 cm³/mol. The highest BCUT2D eigenvalue weighted by molar-refractivity contribution is 7.89. The van der Waals surface area contributed by atoms with Crippen molar-refractivity contribution >= 4 is 27.0 Å². The molecule has 3 aromatic heterocycles. The average molecular weight is 413 g/mol. The Bertz CT molecular complexity index is 1270. The predicted octanol–water partition coefficient (Wildman–Crippen LogP) is 2.27. The Kier molecular flexibility index (Phi) is 4.11. The monoisotopic (exact) mass is 413 g/mol. The lowest BCUT2D eigenvalue weighted by molar-refractivity contribution is 0.356. The molecule has 0 fully saturated rings. The summed E-state index contributed by atoms with van der Waals surface area (Å²) >= 11 is 1.58. The molecule has 0 saturated carbocycles. The van der Waals surface area contributed by atoms with Gasteiger partial charge in [-0.3, -0.25) is 0 Å². The molecule has 28 heavy (non-hydrogen) atoms. The Morgan fingerprint density at radius 3 is 2.96 bits per heavy atom. The van der Waals surface area contributed by atoms with E-state index in [1.807, 2.05) is 29.6 Å². The maximum absolute atomic E-state index is 12.7. The average Bonchev–Trinajstić information content (AvgIpc) is 3.45. The van der Waals surface area contributed by atoms with Crippen LogP contribution in [0.5, 0.6) is 5.75 Å². The number of nitrogens with one attached hydrogen (secondary N) is 1. The molecule has 0 unspecified atom stereocenters. The second kappa shape index (κ2) is 6.66. The Balaban J connectivity index is 1.41. The molecule has 1 aliphatic heterocycles. The third-order valence-electron chi connectivity index (χ3n) is 4.49. The van der Waals surface area contributed by atoms with Crippen LogP contribution in [0.25, 0.3) is 16.2 Å². The molecule has 0 radical (unpaired) electrons. The number of hydrogen-bond donors (Lipinski definition) is 1. The molecule has 0 saturated heterocycles. The molecule has 5 rings (SSSR count). The number of fused-ring (bicyclic) bond motifs is 2. The summed E-state index contributed by atoms with van der Waals surface area (Å²) in [4.78, 5) is 1.22. The molecule has 8 nitrogen and oxygen atoms in total. The third-order valence-corrected chi connectivity index (χ3v) is 6.78. The summed E-state index contributed by atoms with van der Waals surface area (Å²) in [5, 5.41) is 14.7. The van der Waals surface area contributed by atoms with Crippen LogP contribution in [0.1, 0.15) is 11.4 Å². The number of thiophene rings is 1. The zero-order chi connectivity index (χ0) is 19.1. The highest BCUT2D eigenvalue weighted by Crippen LogP contribution is 2.27. The van der Waals surface area contributed by atoms with Gasteiger partial charge in [-0.2, -0.15) is 9.61 Å². The number of hydrogen-bond acceptors (Lipinski definition) is 7. The van der Waals surface area contributed by atoms with E-state index in [1.165, 1.54) is 0 Å². The van der Waals surface area contributed by atoms with E-state index in [2.05, 4.69) is 20.0 Å². The first-order valence-electron chi connectivity index (χ1n) is 8.61. The van der Waals surface area contributed by atoms with E-state index in [0.29, 0.717) is 24.5 Å². The van der Waals surface area contributed by atoms with Crippen LogP contribution in [-0.2, 0) is 23.0 Å². The fourth-order valence-corrected chi connectivity index (χ4v) is 4.79. The minimum atomic E-state index is -3.69. The van der Waals surface area contributed by atoms with Crippen LogP contribution in [0, 0.1) is 0 Å². The van der Waals surface area contributed by atoms with Crippen LogP contribution in [0.15, 0.2) is 52.7 Å². The van der Waals surface area contributed by atoms with E-state index in [0.717, 1.165) is 21.9 Å². The summed E-state index contributed by atoms with van der Waals surface area (Å²) in [6.45, 7) is 0.564. The van der Waals surface area contributed by atoms with Gasteiger partial charge in [0.05, 0.1) is 22.9 Å². The Morgan fingerprint density at radius 2 is 2.11 bits per heavy atom.